The maximum Gasteiger partial charge on any atom is 0.107 e. The highest BCUT2D eigenvalue weighted by Gasteiger charge is 2.18. The van der Waals surface area contributed by atoms with Crippen LogP contribution in [0.15, 0.2) is 0 Å². The summed E-state index contributed by atoms with van der Waals surface area (Å²) in [7, 11) is 1.99. The minimum atomic E-state index is 0.849. The summed E-state index contributed by atoms with van der Waals surface area (Å²) < 4.78 is 0. The maximum atomic E-state index is 4.69. The SMILES string of the molecule is CNCc1sc(CN2CCCC(C)C2)nc1C. The molecular formula is C13H23N3S. The minimum absolute atomic E-state index is 0.849. The first-order chi connectivity index (χ1) is 8.19. The molecule has 0 amide bonds. The molecule has 0 aliphatic carbocycles. The smallest absolute Gasteiger partial charge is 0.107 e. The monoisotopic (exact) mass is 253 g/mol. The third-order valence-corrected chi connectivity index (χ3v) is 4.52. The highest BCUT2D eigenvalue weighted by Crippen LogP contribution is 2.22. The van der Waals surface area contributed by atoms with Gasteiger partial charge in [-0.15, -0.1) is 11.3 Å². The minimum Gasteiger partial charge on any atom is -0.315 e. The van der Waals surface area contributed by atoms with Crippen molar-refractivity contribution in [3.8, 4) is 0 Å². The molecule has 4 heteroatoms. The molecule has 1 saturated heterocycles. The fourth-order valence-electron chi connectivity index (χ4n) is 2.50. The molecule has 1 aromatic rings. The third kappa shape index (κ3) is 3.50. The Labute approximate surface area is 108 Å². The lowest BCUT2D eigenvalue weighted by Gasteiger charge is -2.29. The normalized spacial score (nSPS) is 21.9. The molecule has 2 heterocycles. The molecule has 1 atom stereocenters. The van der Waals surface area contributed by atoms with E-state index in [-0.39, 0.29) is 0 Å². The highest BCUT2D eigenvalue weighted by atomic mass is 32.1. The second-order valence-electron chi connectivity index (χ2n) is 5.13. The van der Waals surface area contributed by atoms with E-state index in [1.165, 1.54) is 41.5 Å². The van der Waals surface area contributed by atoms with Gasteiger partial charge in [-0.3, -0.25) is 4.90 Å². The molecule has 0 saturated carbocycles. The summed E-state index contributed by atoms with van der Waals surface area (Å²) in [5, 5.41) is 4.49. The zero-order valence-electron chi connectivity index (χ0n) is 11.1. The topological polar surface area (TPSA) is 28.2 Å². The highest BCUT2D eigenvalue weighted by molar-refractivity contribution is 7.11. The maximum absolute atomic E-state index is 4.69. The lowest BCUT2D eigenvalue weighted by atomic mass is 10.0. The van der Waals surface area contributed by atoms with Gasteiger partial charge in [0.05, 0.1) is 12.2 Å². The zero-order chi connectivity index (χ0) is 12.3. The summed E-state index contributed by atoms with van der Waals surface area (Å²) in [6.07, 6.45) is 2.73. The van der Waals surface area contributed by atoms with Crippen molar-refractivity contribution in [2.24, 2.45) is 5.92 Å². The number of aryl methyl sites for hydroxylation is 1. The van der Waals surface area contributed by atoms with E-state index in [2.05, 4.69) is 29.0 Å². The van der Waals surface area contributed by atoms with Crippen molar-refractivity contribution >= 4 is 11.3 Å². The average molecular weight is 253 g/mol. The molecule has 1 unspecified atom stereocenters. The van der Waals surface area contributed by atoms with E-state index in [4.69, 9.17) is 0 Å². The third-order valence-electron chi connectivity index (χ3n) is 3.37. The lowest BCUT2D eigenvalue weighted by Crippen LogP contribution is -2.33. The first-order valence-corrected chi connectivity index (χ1v) is 7.33. The van der Waals surface area contributed by atoms with Gasteiger partial charge in [0.25, 0.3) is 0 Å². The van der Waals surface area contributed by atoms with Crippen molar-refractivity contribution in [3.63, 3.8) is 0 Å². The second-order valence-corrected chi connectivity index (χ2v) is 6.30. The van der Waals surface area contributed by atoms with E-state index in [0.717, 1.165) is 19.0 Å². The molecule has 17 heavy (non-hydrogen) atoms. The Bertz CT molecular complexity index is 362. The Balaban J connectivity index is 1.95. The number of aromatic nitrogens is 1. The van der Waals surface area contributed by atoms with Gasteiger partial charge in [-0.05, 0) is 39.3 Å². The Morgan fingerprint density at radius 2 is 2.35 bits per heavy atom. The Hall–Kier alpha value is -0.450. The first kappa shape index (κ1) is 13.0. The molecule has 1 fully saturated rings. The Kier molecular flexibility index (Phi) is 4.54. The van der Waals surface area contributed by atoms with Crippen LogP contribution in [0.4, 0.5) is 0 Å². The van der Waals surface area contributed by atoms with Crippen LogP contribution < -0.4 is 5.32 Å². The average Bonchev–Trinajstić information content (AvgIpc) is 2.60. The largest absolute Gasteiger partial charge is 0.315 e. The summed E-state index contributed by atoms with van der Waals surface area (Å²) in [5.74, 6) is 0.849. The summed E-state index contributed by atoms with van der Waals surface area (Å²) in [5.41, 5.74) is 1.20. The van der Waals surface area contributed by atoms with Crippen molar-refractivity contribution in [3.05, 3.63) is 15.6 Å². The number of piperidine rings is 1. The molecule has 2 rings (SSSR count). The van der Waals surface area contributed by atoms with E-state index in [9.17, 15) is 0 Å². The van der Waals surface area contributed by atoms with E-state index in [1.807, 2.05) is 18.4 Å². The van der Waals surface area contributed by atoms with Gasteiger partial charge >= 0.3 is 0 Å². The van der Waals surface area contributed by atoms with Crippen molar-refractivity contribution in [1.82, 2.24) is 15.2 Å². The number of nitrogens with zero attached hydrogens (tertiary/aromatic N) is 2. The molecule has 3 nitrogen and oxygen atoms in total. The number of likely N-dealkylation sites (tertiary alicyclic amines) is 1. The summed E-state index contributed by atoms with van der Waals surface area (Å²) in [4.78, 5) is 8.62. The molecule has 96 valence electrons. The van der Waals surface area contributed by atoms with Crippen LogP contribution in [0.1, 0.15) is 35.3 Å². The molecule has 1 aliphatic rings. The van der Waals surface area contributed by atoms with Gasteiger partial charge in [-0.2, -0.15) is 0 Å². The van der Waals surface area contributed by atoms with Crippen molar-refractivity contribution in [2.45, 2.75) is 39.8 Å². The predicted octanol–water partition coefficient (Wildman–Crippen LogP) is 2.40. The Morgan fingerprint density at radius 1 is 1.53 bits per heavy atom. The second kappa shape index (κ2) is 5.94. The molecule has 0 spiro atoms. The molecular weight excluding hydrogens is 230 g/mol. The molecule has 0 radical (unpaired) electrons. The predicted molar refractivity (Wildman–Crippen MR) is 73.3 cm³/mol. The fraction of sp³-hybridized carbons (Fsp3) is 0.769. The number of hydrogen-bond donors (Lipinski definition) is 1. The lowest BCUT2D eigenvalue weighted by molar-refractivity contribution is 0.176. The van der Waals surface area contributed by atoms with E-state index in [1.54, 1.807) is 0 Å². The van der Waals surface area contributed by atoms with E-state index >= 15 is 0 Å². The van der Waals surface area contributed by atoms with Gasteiger partial charge in [0.15, 0.2) is 0 Å². The number of nitrogens with one attached hydrogen (secondary N) is 1. The summed E-state index contributed by atoms with van der Waals surface area (Å²) in [6, 6.07) is 0. The molecule has 0 aromatic carbocycles. The van der Waals surface area contributed by atoms with Crippen LogP contribution in [-0.2, 0) is 13.1 Å². The summed E-state index contributed by atoms with van der Waals surface area (Å²) >= 11 is 1.86. The van der Waals surface area contributed by atoms with Crippen LogP contribution in [0.3, 0.4) is 0 Å². The standard InChI is InChI=1S/C13H23N3S/c1-10-5-4-6-16(8-10)9-13-15-11(2)12(17-13)7-14-3/h10,14H,4-9H2,1-3H3. The van der Waals surface area contributed by atoms with Crippen LogP contribution in [0.25, 0.3) is 0 Å². The van der Waals surface area contributed by atoms with Crippen LogP contribution in [-0.4, -0.2) is 30.0 Å². The van der Waals surface area contributed by atoms with Crippen molar-refractivity contribution in [1.29, 1.82) is 0 Å². The van der Waals surface area contributed by atoms with Crippen LogP contribution >= 0.6 is 11.3 Å². The van der Waals surface area contributed by atoms with Gasteiger partial charge < -0.3 is 5.32 Å². The Morgan fingerprint density at radius 3 is 3.06 bits per heavy atom. The van der Waals surface area contributed by atoms with Crippen LogP contribution in [0, 0.1) is 12.8 Å². The molecule has 1 aromatic heterocycles. The van der Waals surface area contributed by atoms with E-state index in [0.29, 0.717) is 0 Å². The zero-order valence-corrected chi connectivity index (χ0v) is 11.9. The quantitative estimate of drug-likeness (QED) is 0.893. The van der Waals surface area contributed by atoms with E-state index < -0.39 is 0 Å². The molecule has 0 bridgehead atoms. The van der Waals surface area contributed by atoms with Gasteiger partial charge in [-0.1, -0.05) is 6.92 Å². The number of rotatable bonds is 4. The fourth-order valence-corrected chi connectivity index (χ4v) is 3.63. The van der Waals surface area contributed by atoms with Gasteiger partial charge in [0.1, 0.15) is 5.01 Å². The van der Waals surface area contributed by atoms with Crippen LogP contribution in [0.2, 0.25) is 0 Å². The first-order valence-electron chi connectivity index (χ1n) is 6.51. The molecule has 1 N–H and O–H groups in total. The van der Waals surface area contributed by atoms with Crippen molar-refractivity contribution in [2.75, 3.05) is 20.1 Å². The molecule has 1 aliphatic heterocycles. The number of thiazole rings is 1. The van der Waals surface area contributed by atoms with Crippen LogP contribution in [0.5, 0.6) is 0 Å². The van der Waals surface area contributed by atoms with Gasteiger partial charge in [0.2, 0.25) is 0 Å². The number of hydrogen-bond acceptors (Lipinski definition) is 4. The van der Waals surface area contributed by atoms with Crippen molar-refractivity contribution < 1.29 is 0 Å². The summed E-state index contributed by atoms with van der Waals surface area (Å²) in [6.45, 7) is 8.93. The van der Waals surface area contributed by atoms with Gasteiger partial charge in [-0.25, -0.2) is 4.98 Å². The van der Waals surface area contributed by atoms with Gasteiger partial charge in [0, 0.05) is 18.0 Å².